The lowest BCUT2D eigenvalue weighted by atomic mass is 10.1. The normalized spacial score (nSPS) is 11.3. The monoisotopic (exact) mass is 582 g/mol. The second-order valence-electron chi connectivity index (χ2n) is 9.29. The molecule has 0 radical (unpaired) electrons. The van der Waals surface area contributed by atoms with Gasteiger partial charge < -0.3 is 20.5 Å². The van der Waals surface area contributed by atoms with Gasteiger partial charge in [0.2, 0.25) is 5.91 Å². The van der Waals surface area contributed by atoms with Crippen molar-refractivity contribution >= 4 is 46.9 Å². The molecule has 0 bridgehead atoms. The zero-order valence-corrected chi connectivity index (χ0v) is 23.7. The lowest BCUT2D eigenvalue weighted by molar-refractivity contribution is -0.115. The molecule has 0 saturated carbocycles. The van der Waals surface area contributed by atoms with Gasteiger partial charge in [-0.3, -0.25) is 9.59 Å². The summed E-state index contributed by atoms with van der Waals surface area (Å²) in [5.41, 5.74) is 2.23. The van der Waals surface area contributed by atoms with Crippen LogP contribution in [-0.2, 0) is 9.53 Å². The van der Waals surface area contributed by atoms with E-state index in [-0.39, 0.29) is 17.0 Å². The molecule has 42 heavy (non-hydrogen) atoms. The van der Waals surface area contributed by atoms with Crippen molar-refractivity contribution in [2.75, 3.05) is 17.2 Å². The quantitative estimate of drug-likeness (QED) is 0.0928. The molecule has 0 aliphatic carbocycles. The average Bonchev–Trinajstić information content (AvgIpc) is 3.01. The number of benzene rings is 4. The van der Waals surface area contributed by atoms with Gasteiger partial charge in [-0.25, -0.2) is 9.59 Å². The molecule has 2 amide bonds. The second-order valence-corrected chi connectivity index (χ2v) is 10.5. The molecular formula is C33H30N2O6S. The van der Waals surface area contributed by atoms with Crippen molar-refractivity contribution in [2.24, 2.45) is 0 Å². The first-order chi connectivity index (χ1) is 20.4. The largest absolute Gasteiger partial charge is 0.478 e. The summed E-state index contributed by atoms with van der Waals surface area (Å²) in [7, 11) is 0. The molecule has 9 heteroatoms. The van der Waals surface area contributed by atoms with Crippen LogP contribution in [0.2, 0.25) is 0 Å². The first-order valence-corrected chi connectivity index (χ1v) is 14.3. The van der Waals surface area contributed by atoms with Gasteiger partial charge in [-0.1, -0.05) is 55.8 Å². The topological polar surface area (TPSA) is 122 Å². The minimum Gasteiger partial charge on any atom is -0.478 e. The third-order valence-corrected chi connectivity index (χ3v) is 7.49. The molecule has 1 atom stereocenters. The zero-order chi connectivity index (χ0) is 29.9. The van der Waals surface area contributed by atoms with Crippen molar-refractivity contribution in [1.29, 1.82) is 0 Å². The number of rotatable bonds is 12. The van der Waals surface area contributed by atoms with Gasteiger partial charge in [0, 0.05) is 16.3 Å². The molecule has 0 heterocycles. The molecule has 0 fully saturated rings. The van der Waals surface area contributed by atoms with Crippen molar-refractivity contribution < 1.29 is 29.0 Å². The van der Waals surface area contributed by atoms with E-state index in [0.717, 1.165) is 23.3 Å². The number of hydrogen-bond acceptors (Lipinski definition) is 6. The fourth-order valence-electron chi connectivity index (χ4n) is 4.01. The number of esters is 1. The van der Waals surface area contributed by atoms with E-state index < -0.39 is 23.1 Å². The number of aromatic carboxylic acids is 1. The molecule has 0 spiro atoms. The highest BCUT2D eigenvalue weighted by Gasteiger charge is 2.23. The lowest BCUT2D eigenvalue weighted by Gasteiger charge is -2.17. The zero-order valence-electron chi connectivity index (χ0n) is 22.9. The van der Waals surface area contributed by atoms with E-state index in [4.69, 9.17) is 4.74 Å². The van der Waals surface area contributed by atoms with Crippen molar-refractivity contribution in [3.63, 3.8) is 0 Å². The summed E-state index contributed by atoms with van der Waals surface area (Å²) in [6.07, 6.45) is 1.74. The van der Waals surface area contributed by atoms with E-state index >= 15 is 0 Å². The van der Waals surface area contributed by atoms with Crippen LogP contribution < -0.4 is 10.6 Å². The van der Waals surface area contributed by atoms with Gasteiger partial charge in [0.1, 0.15) is 5.25 Å². The van der Waals surface area contributed by atoms with Gasteiger partial charge in [0.05, 0.1) is 23.3 Å². The van der Waals surface area contributed by atoms with E-state index in [1.807, 2.05) is 37.3 Å². The van der Waals surface area contributed by atoms with Crippen LogP contribution in [0.25, 0.3) is 0 Å². The Morgan fingerprint density at radius 2 is 1.36 bits per heavy atom. The number of unbranched alkanes of at least 4 members (excludes halogenated alkanes) is 1. The maximum Gasteiger partial charge on any atom is 0.338 e. The molecule has 214 valence electrons. The Balaban J connectivity index is 1.44. The van der Waals surface area contributed by atoms with Crippen molar-refractivity contribution in [1.82, 2.24) is 0 Å². The molecular weight excluding hydrogens is 552 g/mol. The predicted molar refractivity (Wildman–Crippen MR) is 163 cm³/mol. The number of carboxylic acids is 1. The highest BCUT2D eigenvalue weighted by molar-refractivity contribution is 8.00. The fourth-order valence-corrected chi connectivity index (χ4v) is 5.03. The van der Waals surface area contributed by atoms with Crippen LogP contribution in [0.5, 0.6) is 0 Å². The predicted octanol–water partition coefficient (Wildman–Crippen LogP) is 7.07. The van der Waals surface area contributed by atoms with Crippen LogP contribution in [0.3, 0.4) is 0 Å². The highest BCUT2D eigenvalue weighted by Crippen LogP contribution is 2.37. The number of carboxylic acid groups (broad SMARTS) is 1. The van der Waals surface area contributed by atoms with Crippen molar-refractivity contribution in [3.05, 3.63) is 125 Å². The minimum atomic E-state index is -1.18. The molecule has 0 saturated heterocycles. The maximum absolute atomic E-state index is 13.4. The van der Waals surface area contributed by atoms with Crippen molar-refractivity contribution in [3.8, 4) is 0 Å². The molecule has 4 aromatic carbocycles. The Kier molecular flexibility index (Phi) is 10.5. The Hall–Kier alpha value is -4.89. The first-order valence-electron chi connectivity index (χ1n) is 13.4. The van der Waals surface area contributed by atoms with Crippen molar-refractivity contribution in [2.45, 2.75) is 29.9 Å². The number of thioether (sulfide) groups is 1. The number of ether oxygens (including phenoxy) is 1. The molecule has 4 rings (SSSR count). The van der Waals surface area contributed by atoms with E-state index in [0.29, 0.717) is 23.5 Å². The molecule has 1 unspecified atom stereocenters. The average molecular weight is 583 g/mol. The molecule has 0 aliphatic heterocycles. The van der Waals surface area contributed by atoms with Crippen LogP contribution >= 0.6 is 11.8 Å². The van der Waals surface area contributed by atoms with Crippen LogP contribution in [0.1, 0.15) is 61.7 Å². The number of anilines is 2. The molecule has 4 aromatic rings. The Morgan fingerprint density at radius 3 is 2.00 bits per heavy atom. The third kappa shape index (κ3) is 8.08. The fraction of sp³-hybridized carbons (Fsp3) is 0.152. The molecule has 8 nitrogen and oxygen atoms in total. The summed E-state index contributed by atoms with van der Waals surface area (Å²) in [6, 6.07) is 28.9. The number of carbonyl (C=O) groups is 4. The SMILES string of the molecule is CCCCOC(=O)c1ccc(NC(=O)C(Sc2ccc(NC(=O)c3ccccc3C(=O)O)cc2)c2ccccc2)cc1. The minimum absolute atomic E-state index is 0.0608. The second kappa shape index (κ2) is 14.7. The maximum atomic E-state index is 13.4. The first kappa shape index (κ1) is 30.1. The molecule has 0 aromatic heterocycles. The van der Waals surface area contributed by atoms with Gasteiger partial charge >= 0.3 is 11.9 Å². The number of hydrogen-bond donors (Lipinski definition) is 3. The van der Waals surface area contributed by atoms with Gasteiger partial charge in [-0.15, -0.1) is 11.8 Å². The summed E-state index contributed by atoms with van der Waals surface area (Å²) in [5, 5.41) is 14.4. The molecule has 0 aliphatic rings. The summed E-state index contributed by atoms with van der Waals surface area (Å²) in [6.45, 7) is 2.39. The van der Waals surface area contributed by atoms with Gasteiger partial charge in [-0.2, -0.15) is 0 Å². The van der Waals surface area contributed by atoms with E-state index in [1.165, 1.54) is 23.9 Å². The smallest absolute Gasteiger partial charge is 0.338 e. The summed E-state index contributed by atoms with van der Waals surface area (Å²) in [5.74, 6) is -2.36. The van der Waals surface area contributed by atoms with Gasteiger partial charge in [0.15, 0.2) is 0 Å². The molecule has 3 N–H and O–H groups in total. The Morgan fingerprint density at radius 1 is 0.762 bits per heavy atom. The van der Waals surface area contributed by atoms with Crippen LogP contribution in [0.4, 0.5) is 11.4 Å². The summed E-state index contributed by atoms with van der Waals surface area (Å²) < 4.78 is 5.24. The van der Waals surface area contributed by atoms with Crippen LogP contribution in [-0.4, -0.2) is 35.5 Å². The number of carbonyl (C=O) groups excluding carboxylic acids is 3. The van der Waals surface area contributed by atoms with Gasteiger partial charge in [0.25, 0.3) is 5.91 Å². The Bertz CT molecular complexity index is 1540. The van der Waals surface area contributed by atoms with E-state index in [1.54, 1.807) is 60.7 Å². The van der Waals surface area contributed by atoms with E-state index in [2.05, 4.69) is 10.6 Å². The van der Waals surface area contributed by atoms with E-state index in [9.17, 15) is 24.3 Å². The number of nitrogens with one attached hydrogen (secondary N) is 2. The van der Waals surface area contributed by atoms with Gasteiger partial charge in [-0.05, 0) is 72.6 Å². The summed E-state index contributed by atoms with van der Waals surface area (Å²) in [4.78, 5) is 50.6. The van der Waals surface area contributed by atoms with Crippen LogP contribution in [0, 0.1) is 0 Å². The Labute approximate surface area is 248 Å². The third-order valence-electron chi connectivity index (χ3n) is 6.23. The number of amides is 2. The summed E-state index contributed by atoms with van der Waals surface area (Å²) >= 11 is 1.34. The van der Waals surface area contributed by atoms with Crippen LogP contribution in [0.15, 0.2) is 108 Å². The lowest BCUT2D eigenvalue weighted by Crippen LogP contribution is -2.19. The highest BCUT2D eigenvalue weighted by atomic mass is 32.2. The standard InChI is InChI=1S/C33H30N2O6S/c1-2-3-21-41-33(40)23-13-15-24(16-14-23)35-31(37)29(22-9-5-4-6-10-22)42-26-19-17-25(18-20-26)34-30(36)27-11-7-8-12-28(27)32(38)39/h4-20,29H,2-3,21H2,1H3,(H,34,36)(H,35,37)(H,38,39).